The van der Waals surface area contributed by atoms with Gasteiger partial charge in [-0.1, -0.05) is 0 Å². The zero-order valence-corrected chi connectivity index (χ0v) is 7.86. The molecular formula is C6H10NO5P. The van der Waals surface area contributed by atoms with E-state index in [1.807, 2.05) is 0 Å². The van der Waals surface area contributed by atoms with E-state index >= 15 is 0 Å². The van der Waals surface area contributed by atoms with Gasteiger partial charge < -0.3 is 15.1 Å². The molecule has 0 amide bonds. The molecule has 0 aromatic carbocycles. The second-order valence-electron chi connectivity index (χ2n) is 2.80. The maximum absolute atomic E-state index is 10.7. The predicted octanol–water partition coefficient (Wildman–Crippen LogP) is -0.384. The number of rotatable bonds is 4. The lowest BCUT2D eigenvalue weighted by Gasteiger charge is -2.15. The normalized spacial score (nSPS) is 19.5. The topological polar surface area (TPSA) is 119 Å². The van der Waals surface area contributed by atoms with Gasteiger partial charge in [0, 0.05) is 19.2 Å². The van der Waals surface area contributed by atoms with Gasteiger partial charge in [-0.2, -0.15) is 5.26 Å². The van der Waals surface area contributed by atoms with Crippen molar-refractivity contribution in [1.29, 1.82) is 5.26 Å². The van der Waals surface area contributed by atoms with Crippen molar-refractivity contribution in [2.45, 2.75) is 12.0 Å². The summed E-state index contributed by atoms with van der Waals surface area (Å²) in [5.41, 5.74) is -2.56. The van der Waals surface area contributed by atoms with Crippen LogP contribution in [0.2, 0.25) is 0 Å². The Labute approximate surface area is 74.9 Å². The van der Waals surface area contributed by atoms with Gasteiger partial charge in [0.25, 0.3) is 0 Å². The molecule has 0 fully saturated rings. The first-order valence-electron chi connectivity index (χ1n) is 3.37. The summed E-state index contributed by atoms with van der Waals surface area (Å²) in [6.07, 6.45) is -0.952. The van der Waals surface area contributed by atoms with Crippen molar-refractivity contribution in [2.24, 2.45) is 0 Å². The summed E-state index contributed by atoms with van der Waals surface area (Å²) in [4.78, 5) is 19.1. The monoisotopic (exact) mass is 207 g/mol. The Morgan fingerprint density at radius 3 is 2.38 bits per heavy atom. The third-order valence-electron chi connectivity index (χ3n) is 1.43. The van der Waals surface area contributed by atoms with Gasteiger partial charge in [0.15, 0.2) is 7.37 Å². The lowest BCUT2D eigenvalue weighted by Crippen LogP contribution is -2.37. The first-order chi connectivity index (χ1) is 5.71. The van der Waals surface area contributed by atoms with Crippen LogP contribution >= 0.6 is 7.37 Å². The van der Waals surface area contributed by atoms with Crippen molar-refractivity contribution >= 4 is 13.3 Å². The van der Waals surface area contributed by atoms with Crippen LogP contribution in [0.1, 0.15) is 6.42 Å². The van der Waals surface area contributed by atoms with E-state index in [9.17, 15) is 9.36 Å². The Hall–Kier alpha value is -0.890. The number of carbonyl (C=O) groups is 1. The molecule has 0 rings (SSSR count). The highest BCUT2D eigenvalue weighted by Gasteiger charge is 2.37. The summed E-state index contributed by atoms with van der Waals surface area (Å²) in [6, 6.07) is 1.17. The van der Waals surface area contributed by atoms with Crippen LogP contribution in [0, 0.1) is 11.3 Å². The lowest BCUT2D eigenvalue weighted by atomic mass is 10.0. The van der Waals surface area contributed by atoms with Crippen molar-refractivity contribution < 1.29 is 24.5 Å². The molecule has 0 aromatic heterocycles. The molecule has 0 saturated heterocycles. The lowest BCUT2D eigenvalue weighted by molar-refractivity contribution is -0.152. The largest absolute Gasteiger partial charge is 0.478 e. The Kier molecular flexibility index (Phi) is 3.61. The van der Waals surface area contributed by atoms with E-state index in [0.29, 0.717) is 0 Å². The molecule has 13 heavy (non-hydrogen) atoms. The van der Waals surface area contributed by atoms with Crippen LogP contribution in [0.4, 0.5) is 0 Å². The molecule has 6 nitrogen and oxygen atoms in total. The third-order valence-corrected chi connectivity index (χ3v) is 2.48. The number of carboxylic acid groups (broad SMARTS) is 1. The number of aliphatic carboxylic acids is 1. The van der Waals surface area contributed by atoms with Gasteiger partial charge in [-0.05, 0) is 0 Å². The highest BCUT2D eigenvalue weighted by molar-refractivity contribution is 7.57. The van der Waals surface area contributed by atoms with E-state index < -0.39 is 31.5 Å². The van der Waals surface area contributed by atoms with E-state index in [2.05, 4.69) is 0 Å². The van der Waals surface area contributed by atoms with Crippen LogP contribution in [0.15, 0.2) is 0 Å². The number of nitriles is 1. The molecular weight excluding hydrogens is 197 g/mol. The van der Waals surface area contributed by atoms with Crippen LogP contribution in [0.3, 0.4) is 0 Å². The van der Waals surface area contributed by atoms with Crippen molar-refractivity contribution in [1.82, 2.24) is 0 Å². The van der Waals surface area contributed by atoms with E-state index in [1.54, 1.807) is 0 Å². The highest BCUT2D eigenvalue weighted by Crippen LogP contribution is 2.37. The maximum Gasteiger partial charge on any atom is 0.350 e. The fourth-order valence-corrected chi connectivity index (χ4v) is 1.32. The van der Waals surface area contributed by atoms with Crippen LogP contribution < -0.4 is 0 Å². The Morgan fingerprint density at radius 2 is 2.15 bits per heavy atom. The Balaban J connectivity index is 4.42. The number of aliphatic hydroxyl groups is 1. The van der Waals surface area contributed by atoms with E-state index in [0.717, 1.165) is 6.66 Å². The average Bonchev–Trinajstić information content (AvgIpc) is 1.98. The zero-order chi connectivity index (χ0) is 10.7. The Bertz CT molecular complexity index is 290. The van der Waals surface area contributed by atoms with Crippen LogP contribution in [-0.2, 0) is 9.36 Å². The molecule has 0 radical (unpaired) electrons. The van der Waals surface area contributed by atoms with Crippen molar-refractivity contribution in [3.8, 4) is 6.07 Å². The third kappa shape index (κ3) is 4.04. The molecule has 0 aliphatic rings. The molecule has 3 N–H and O–H groups in total. The maximum atomic E-state index is 10.7. The van der Waals surface area contributed by atoms with Crippen LogP contribution in [0.5, 0.6) is 0 Å². The van der Waals surface area contributed by atoms with Gasteiger partial charge in [-0.3, -0.25) is 4.57 Å². The molecule has 0 spiro atoms. The van der Waals surface area contributed by atoms with E-state index in [-0.39, 0.29) is 0 Å². The second kappa shape index (κ2) is 3.88. The van der Waals surface area contributed by atoms with Crippen molar-refractivity contribution in [3.05, 3.63) is 0 Å². The first-order valence-corrected chi connectivity index (χ1v) is 5.67. The van der Waals surface area contributed by atoms with Gasteiger partial charge in [0.05, 0.1) is 0 Å². The summed E-state index contributed by atoms with van der Waals surface area (Å²) >= 11 is 0. The zero-order valence-electron chi connectivity index (χ0n) is 6.97. The van der Waals surface area contributed by atoms with E-state index in [1.165, 1.54) is 6.07 Å². The minimum absolute atomic E-state index is 0.399. The van der Waals surface area contributed by atoms with Gasteiger partial charge in [0.2, 0.25) is 5.60 Å². The molecule has 2 unspecified atom stereocenters. The number of nitrogens with zero attached hydrogens (tertiary/aromatic N) is 1. The number of hydrogen-bond acceptors (Lipinski definition) is 4. The Morgan fingerprint density at radius 1 is 1.69 bits per heavy atom. The van der Waals surface area contributed by atoms with Crippen LogP contribution in [-0.4, -0.2) is 39.5 Å². The molecule has 0 aromatic rings. The number of hydrogen-bond donors (Lipinski definition) is 3. The van der Waals surface area contributed by atoms with Crippen LogP contribution in [0.25, 0.3) is 0 Å². The standard InChI is InChI=1S/C6H10NO5P/c1-13(11,12)3-2-6(10,4-7)5(8)9/h10H,2-3H2,1H3,(H,8,9)(H,11,12). The SMILES string of the molecule is CP(=O)(O)CCC(O)(C#N)C(=O)O. The highest BCUT2D eigenvalue weighted by atomic mass is 31.2. The predicted molar refractivity (Wildman–Crippen MR) is 43.4 cm³/mol. The summed E-state index contributed by atoms with van der Waals surface area (Å²) in [6.45, 7) is 1.03. The summed E-state index contributed by atoms with van der Waals surface area (Å²) in [5, 5.41) is 25.8. The minimum Gasteiger partial charge on any atom is -0.478 e. The molecule has 74 valence electrons. The van der Waals surface area contributed by atoms with Crippen molar-refractivity contribution in [3.63, 3.8) is 0 Å². The molecule has 0 heterocycles. The molecule has 0 aliphatic heterocycles. The molecule has 2 atom stereocenters. The van der Waals surface area contributed by atoms with Gasteiger partial charge >= 0.3 is 5.97 Å². The molecule has 0 saturated carbocycles. The average molecular weight is 207 g/mol. The molecule has 0 aliphatic carbocycles. The summed E-state index contributed by atoms with van der Waals surface area (Å²) in [5.74, 6) is -1.71. The van der Waals surface area contributed by atoms with Gasteiger partial charge in [-0.25, -0.2) is 4.79 Å². The quantitative estimate of drug-likeness (QED) is 0.427. The molecule has 0 bridgehead atoms. The summed E-state index contributed by atoms with van der Waals surface area (Å²) in [7, 11) is -3.39. The fourth-order valence-electron chi connectivity index (χ4n) is 0.580. The fraction of sp³-hybridized carbons (Fsp3) is 0.667. The van der Waals surface area contributed by atoms with Crippen molar-refractivity contribution in [2.75, 3.05) is 12.8 Å². The van der Waals surface area contributed by atoms with Gasteiger partial charge in [-0.15, -0.1) is 0 Å². The van der Waals surface area contributed by atoms with E-state index in [4.69, 9.17) is 20.4 Å². The minimum atomic E-state index is -3.39. The second-order valence-corrected chi connectivity index (χ2v) is 5.35. The molecule has 7 heteroatoms. The number of carboxylic acids is 1. The smallest absolute Gasteiger partial charge is 0.350 e. The summed E-state index contributed by atoms with van der Waals surface area (Å²) < 4.78 is 10.7. The van der Waals surface area contributed by atoms with Gasteiger partial charge in [0.1, 0.15) is 6.07 Å². The first kappa shape index (κ1) is 12.1.